The summed E-state index contributed by atoms with van der Waals surface area (Å²) < 4.78 is 0. The second-order valence-corrected chi connectivity index (χ2v) is 6.53. The summed E-state index contributed by atoms with van der Waals surface area (Å²) in [6, 6.07) is 5.59. The predicted molar refractivity (Wildman–Crippen MR) is 85.5 cm³/mol. The third-order valence-electron chi connectivity index (χ3n) is 3.63. The molecule has 0 spiro atoms. The lowest BCUT2D eigenvalue weighted by Crippen LogP contribution is -2.35. The lowest BCUT2D eigenvalue weighted by atomic mass is 9.89. The maximum atomic E-state index is 12.1. The number of aromatic nitrogens is 1. The summed E-state index contributed by atoms with van der Waals surface area (Å²) in [5.74, 6) is -0.0260. The van der Waals surface area contributed by atoms with Crippen LogP contribution in [0.4, 0.5) is 0 Å². The van der Waals surface area contributed by atoms with Crippen LogP contribution in [0.3, 0.4) is 0 Å². The summed E-state index contributed by atoms with van der Waals surface area (Å²) in [5.41, 5.74) is 1.81. The Labute approximate surface area is 129 Å². The monoisotopic (exact) mass is 308 g/mol. The fourth-order valence-electron chi connectivity index (χ4n) is 2.26. The fraction of sp³-hybridized carbons (Fsp3) is 0.438. The molecule has 0 saturated heterocycles. The van der Waals surface area contributed by atoms with Gasteiger partial charge in [-0.3, -0.25) is 4.79 Å². The Morgan fingerprint density at radius 2 is 2.19 bits per heavy atom. The van der Waals surface area contributed by atoms with Gasteiger partial charge in [-0.1, -0.05) is 25.4 Å². The number of halogens is 1. The van der Waals surface area contributed by atoms with Gasteiger partial charge in [-0.25, -0.2) is 0 Å². The van der Waals surface area contributed by atoms with Gasteiger partial charge in [0, 0.05) is 35.3 Å². The lowest BCUT2D eigenvalue weighted by Gasteiger charge is -2.23. The summed E-state index contributed by atoms with van der Waals surface area (Å²) >= 11 is 6.00. The van der Waals surface area contributed by atoms with Crippen molar-refractivity contribution >= 4 is 28.4 Å². The maximum Gasteiger partial charge on any atom is 0.224 e. The SMILES string of the molecule is CC(C)(CCO)CNC(=O)Cc1c[nH]c2ccc(Cl)cc12. The minimum absolute atomic E-state index is 0.0260. The van der Waals surface area contributed by atoms with Crippen molar-refractivity contribution < 1.29 is 9.90 Å². The van der Waals surface area contributed by atoms with Gasteiger partial charge in [0.2, 0.25) is 5.91 Å². The molecule has 1 heterocycles. The third-order valence-corrected chi connectivity index (χ3v) is 3.87. The van der Waals surface area contributed by atoms with E-state index in [1.165, 1.54) is 0 Å². The minimum atomic E-state index is -0.103. The Morgan fingerprint density at radius 3 is 2.90 bits per heavy atom. The molecule has 4 nitrogen and oxygen atoms in total. The molecule has 1 aromatic heterocycles. The molecule has 0 saturated carbocycles. The van der Waals surface area contributed by atoms with Crippen molar-refractivity contribution in [2.75, 3.05) is 13.2 Å². The third kappa shape index (κ3) is 4.22. The van der Waals surface area contributed by atoms with Crippen LogP contribution in [0, 0.1) is 5.41 Å². The van der Waals surface area contributed by atoms with Crippen LogP contribution >= 0.6 is 11.6 Å². The highest BCUT2D eigenvalue weighted by Crippen LogP contribution is 2.23. The van der Waals surface area contributed by atoms with Crippen molar-refractivity contribution in [1.29, 1.82) is 0 Å². The number of hydrogen-bond donors (Lipinski definition) is 3. The number of rotatable bonds is 6. The molecule has 2 rings (SSSR count). The number of H-pyrrole nitrogens is 1. The molecule has 2 aromatic rings. The molecule has 0 aliphatic rings. The van der Waals surface area contributed by atoms with Crippen molar-refractivity contribution in [2.24, 2.45) is 5.41 Å². The number of hydrogen-bond acceptors (Lipinski definition) is 2. The molecule has 0 radical (unpaired) electrons. The lowest BCUT2D eigenvalue weighted by molar-refractivity contribution is -0.120. The van der Waals surface area contributed by atoms with Crippen LogP contribution in [0.15, 0.2) is 24.4 Å². The molecule has 0 bridgehead atoms. The first-order chi connectivity index (χ1) is 9.91. The Morgan fingerprint density at radius 1 is 1.43 bits per heavy atom. The second-order valence-electron chi connectivity index (χ2n) is 6.10. The number of fused-ring (bicyclic) bond motifs is 1. The van der Waals surface area contributed by atoms with Crippen LogP contribution in [-0.4, -0.2) is 29.1 Å². The molecule has 0 atom stereocenters. The van der Waals surface area contributed by atoms with E-state index < -0.39 is 0 Å². The normalized spacial score (nSPS) is 11.8. The highest BCUT2D eigenvalue weighted by Gasteiger charge is 2.18. The summed E-state index contributed by atoms with van der Waals surface area (Å²) in [5, 5.41) is 13.6. The van der Waals surface area contributed by atoms with Crippen molar-refractivity contribution in [3.8, 4) is 0 Å². The molecular formula is C16H21ClN2O2. The van der Waals surface area contributed by atoms with Gasteiger partial charge in [-0.15, -0.1) is 0 Å². The number of carbonyl (C=O) groups is 1. The fourth-order valence-corrected chi connectivity index (χ4v) is 2.43. The van der Waals surface area contributed by atoms with Crippen LogP contribution in [0.25, 0.3) is 10.9 Å². The van der Waals surface area contributed by atoms with E-state index in [4.69, 9.17) is 16.7 Å². The van der Waals surface area contributed by atoms with Gasteiger partial charge >= 0.3 is 0 Å². The Hall–Kier alpha value is -1.52. The maximum absolute atomic E-state index is 12.1. The molecule has 0 unspecified atom stereocenters. The summed E-state index contributed by atoms with van der Waals surface area (Å²) in [7, 11) is 0. The molecule has 1 amide bonds. The number of aliphatic hydroxyl groups excluding tert-OH is 1. The minimum Gasteiger partial charge on any atom is -0.396 e. The summed E-state index contributed by atoms with van der Waals surface area (Å²) in [6.07, 6.45) is 2.82. The average molecular weight is 309 g/mol. The van der Waals surface area contributed by atoms with Gasteiger partial charge in [0.1, 0.15) is 0 Å². The van der Waals surface area contributed by atoms with Crippen LogP contribution in [-0.2, 0) is 11.2 Å². The van der Waals surface area contributed by atoms with Crippen LogP contribution in [0.1, 0.15) is 25.8 Å². The van der Waals surface area contributed by atoms with Gasteiger partial charge in [0.15, 0.2) is 0 Å². The van der Waals surface area contributed by atoms with Gasteiger partial charge in [0.25, 0.3) is 0 Å². The van der Waals surface area contributed by atoms with E-state index in [2.05, 4.69) is 10.3 Å². The molecule has 21 heavy (non-hydrogen) atoms. The number of aliphatic hydroxyl groups is 1. The Bertz CT molecular complexity index is 634. The van der Waals surface area contributed by atoms with Crippen molar-refractivity contribution in [1.82, 2.24) is 10.3 Å². The van der Waals surface area contributed by atoms with Gasteiger partial charge in [-0.05, 0) is 35.6 Å². The number of benzene rings is 1. The van der Waals surface area contributed by atoms with Gasteiger partial charge in [0.05, 0.1) is 6.42 Å². The number of amides is 1. The first kappa shape index (κ1) is 15.9. The predicted octanol–water partition coefficient (Wildman–Crippen LogP) is 2.89. The number of carbonyl (C=O) groups excluding carboxylic acids is 1. The summed E-state index contributed by atoms with van der Waals surface area (Å²) in [4.78, 5) is 15.2. The first-order valence-corrected chi connectivity index (χ1v) is 7.42. The summed E-state index contributed by atoms with van der Waals surface area (Å²) in [6.45, 7) is 4.73. The van der Waals surface area contributed by atoms with Crippen LogP contribution in [0.2, 0.25) is 5.02 Å². The second kappa shape index (κ2) is 6.50. The van der Waals surface area contributed by atoms with E-state index in [9.17, 15) is 4.79 Å². The van der Waals surface area contributed by atoms with Crippen molar-refractivity contribution in [3.05, 3.63) is 35.0 Å². The highest BCUT2D eigenvalue weighted by atomic mass is 35.5. The van der Waals surface area contributed by atoms with Gasteiger partial charge < -0.3 is 15.4 Å². The molecule has 0 aliphatic carbocycles. The van der Waals surface area contributed by atoms with Crippen molar-refractivity contribution in [3.63, 3.8) is 0 Å². The molecule has 114 valence electrons. The number of nitrogens with one attached hydrogen (secondary N) is 2. The zero-order valence-corrected chi connectivity index (χ0v) is 13.1. The molecule has 0 aliphatic heterocycles. The quantitative estimate of drug-likeness (QED) is 0.768. The Kier molecular flexibility index (Phi) is 4.91. The van der Waals surface area contributed by atoms with Crippen molar-refractivity contribution in [2.45, 2.75) is 26.7 Å². The van der Waals surface area contributed by atoms with E-state index in [0.29, 0.717) is 24.4 Å². The van der Waals surface area contributed by atoms with E-state index in [-0.39, 0.29) is 17.9 Å². The van der Waals surface area contributed by atoms with Crippen LogP contribution in [0.5, 0.6) is 0 Å². The molecule has 3 N–H and O–H groups in total. The average Bonchev–Trinajstić information content (AvgIpc) is 2.79. The van der Waals surface area contributed by atoms with E-state index in [0.717, 1.165) is 16.5 Å². The highest BCUT2D eigenvalue weighted by molar-refractivity contribution is 6.31. The zero-order valence-electron chi connectivity index (χ0n) is 12.4. The molecular weight excluding hydrogens is 288 g/mol. The molecule has 5 heteroatoms. The van der Waals surface area contributed by atoms with Crippen LogP contribution < -0.4 is 5.32 Å². The largest absolute Gasteiger partial charge is 0.396 e. The van der Waals surface area contributed by atoms with Gasteiger partial charge in [-0.2, -0.15) is 0 Å². The van der Waals surface area contributed by atoms with E-state index in [1.54, 1.807) is 0 Å². The molecule has 1 aromatic carbocycles. The first-order valence-electron chi connectivity index (χ1n) is 7.04. The zero-order chi connectivity index (χ0) is 15.5. The molecule has 0 fully saturated rings. The topological polar surface area (TPSA) is 65.1 Å². The van der Waals surface area contributed by atoms with E-state index >= 15 is 0 Å². The smallest absolute Gasteiger partial charge is 0.224 e. The van der Waals surface area contributed by atoms with E-state index in [1.807, 2.05) is 38.2 Å². The Balaban J connectivity index is 2.00. The standard InChI is InChI=1S/C16H21ClN2O2/c1-16(2,5-6-20)10-19-15(21)7-11-9-18-14-4-3-12(17)8-13(11)14/h3-4,8-9,18,20H,5-7,10H2,1-2H3,(H,19,21). The number of aromatic amines is 1.